The number of benzene rings is 2. The molecule has 1 N–H and O–H groups in total. The highest BCUT2D eigenvalue weighted by Gasteiger charge is 2.38. The van der Waals surface area contributed by atoms with Crippen LogP contribution in [0.3, 0.4) is 0 Å². The van der Waals surface area contributed by atoms with Gasteiger partial charge in [0.05, 0.1) is 5.69 Å². The Labute approximate surface area is 201 Å². The minimum Gasteiger partial charge on any atom is -0.325 e. The van der Waals surface area contributed by atoms with Gasteiger partial charge < -0.3 is 15.1 Å². The number of nitrogens with zero attached hydrogens (tertiary/aromatic N) is 3. The maximum absolute atomic E-state index is 13.4. The van der Waals surface area contributed by atoms with Gasteiger partial charge in [-0.1, -0.05) is 35.9 Å². The minimum atomic E-state index is -3.77. The van der Waals surface area contributed by atoms with E-state index in [0.29, 0.717) is 51.3 Å². The molecule has 0 radical (unpaired) electrons. The van der Waals surface area contributed by atoms with Gasteiger partial charge in [0.25, 0.3) is 0 Å². The van der Waals surface area contributed by atoms with Crippen LogP contribution in [0.15, 0.2) is 47.4 Å². The number of hydrogen-bond donors (Lipinski definition) is 1. The number of carbonyl (C=O) groups excluding carboxylic acids is 2. The fourth-order valence-corrected chi connectivity index (χ4v) is 6.37. The minimum absolute atomic E-state index is 0.0218. The molecule has 8 nitrogen and oxygen atoms in total. The molecule has 2 heterocycles. The van der Waals surface area contributed by atoms with Crippen molar-refractivity contribution in [2.75, 3.05) is 31.5 Å². The zero-order valence-corrected chi connectivity index (χ0v) is 20.8. The van der Waals surface area contributed by atoms with Gasteiger partial charge in [0.1, 0.15) is 4.90 Å². The molecule has 182 valence electrons. The van der Waals surface area contributed by atoms with Crippen molar-refractivity contribution in [1.82, 2.24) is 14.1 Å². The van der Waals surface area contributed by atoms with Gasteiger partial charge in [-0.25, -0.2) is 13.2 Å². The van der Waals surface area contributed by atoms with Crippen LogP contribution in [0.25, 0.3) is 0 Å². The Hall–Kier alpha value is -2.91. The summed E-state index contributed by atoms with van der Waals surface area (Å²) in [5.41, 5.74) is 3.39. The lowest BCUT2D eigenvalue weighted by Gasteiger charge is -2.36. The van der Waals surface area contributed by atoms with Crippen LogP contribution in [0.1, 0.15) is 36.5 Å². The van der Waals surface area contributed by atoms with Crippen LogP contribution in [0.2, 0.25) is 0 Å². The number of anilines is 1. The van der Waals surface area contributed by atoms with Crippen molar-refractivity contribution in [1.29, 1.82) is 0 Å². The van der Waals surface area contributed by atoms with E-state index in [1.165, 1.54) is 16.8 Å². The molecule has 2 aromatic carbocycles. The Kier molecular flexibility index (Phi) is 6.95. The van der Waals surface area contributed by atoms with Gasteiger partial charge in [-0.15, -0.1) is 0 Å². The Morgan fingerprint density at radius 2 is 1.62 bits per heavy atom. The van der Waals surface area contributed by atoms with Crippen molar-refractivity contribution in [3.8, 4) is 0 Å². The molecule has 2 saturated heterocycles. The lowest BCUT2D eigenvalue weighted by Crippen LogP contribution is -2.48. The van der Waals surface area contributed by atoms with Gasteiger partial charge in [0.2, 0.25) is 15.9 Å². The maximum atomic E-state index is 13.4. The summed E-state index contributed by atoms with van der Waals surface area (Å²) in [4.78, 5) is 28.5. The molecule has 0 spiro atoms. The second-order valence-corrected chi connectivity index (χ2v) is 11.1. The lowest BCUT2D eigenvalue weighted by molar-refractivity contribution is -0.114. The number of urea groups is 1. The maximum Gasteiger partial charge on any atom is 0.320 e. The van der Waals surface area contributed by atoms with Crippen molar-refractivity contribution in [2.24, 2.45) is 0 Å². The average Bonchev–Trinajstić information content (AvgIpc) is 3.16. The Balaban J connectivity index is 1.40. The number of carbonyl (C=O) groups is 2. The molecule has 34 heavy (non-hydrogen) atoms. The molecule has 2 aliphatic heterocycles. The zero-order valence-electron chi connectivity index (χ0n) is 20.0. The highest BCUT2D eigenvalue weighted by molar-refractivity contribution is 7.89. The molecule has 2 aliphatic rings. The molecule has 0 aliphatic carbocycles. The van der Waals surface area contributed by atoms with Crippen molar-refractivity contribution in [3.05, 3.63) is 59.2 Å². The van der Waals surface area contributed by atoms with E-state index in [4.69, 9.17) is 0 Å². The number of aryl methyl sites for hydroxylation is 2. The van der Waals surface area contributed by atoms with Crippen LogP contribution in [-0.2, 0) is 21.4 Å². The van der Waals surface area contributed by atoms with Crippen LogP contribution >= 0.6 is 0 Å². The fraction of sp³-hybridized carbons (Fsp3) is 0.440. The van der Waals surface area contributed by atoms with E-state index >= 15 is 0 Å². The monoisotopic (exact) mass is 484 g/mol. The predicted octanol–water partition coefficient (Wildman–Crippen LogP) is 3.35. The van der Waals surface area contributed by atoms with Gasteiger partial charge >= 0.3 is 6.03 Å². The number of rotatable bonds is 6. The summed E-state index contributed by atoms with van der Waals surface area (Å²) in [6, 6.07) is 13.2. The molecule has 0 unspecified atom stereocenters. The molecule has 4 rings (SSSR count). The van der Waals surface area contributed by atoms with Crippen molar-refractivity contribution >= 4 is 27.6 Å². The largest absolute Gasteiger partial charge is 0.325 e. The van der Waals surface area contributed by atoms with E-state index < -0.39 is 10.0 Å². The first-order valence-electron chi connectivity index (χ1n) is 11.6. The van der Waals surface area contributed by atoms with E-state index in [2.05, 4.69) is 29.6 Å². The molecular formula is C25H32N4O4S. The van der Waals surface area contributed by atoms with Crippen LogP contribution in [-0.4, -0.2) is 66.7 Å². The van der Waals surface area contributed by atoms with Gasteiger partial charge in [-0.3, -0.25) is 4.79 Å². The number of nitrogens with one attached hydrogen (secondary N) is 1. The molecule has 9 heteroatoms. The number of amides is 3. The molecule has 3 amide bonds. The molecule has 0 aromatic heterocycles. The normalized spacial score (nSPS) is 17.9. The highest BCUT2D eigenvalue weighted by atomic mass is 32.2. The second-order valence-electron chi connectivity index (χ2n) is 9.20. The Morgan fingerprint density at radius 3 is 2.26 bits per heavy atom. The van der Waals surface area contributed by atoms with E-state index in [9.17, 15) is 18.0 Å². The zero-order chi connectivity index (χ0) is 24.5. The molecule has 0 bridgehead atoms. The molecule has 0 saturated carbocycles. The standard InChI is InChI=1S/C25H32N4O4S/c1-18-4-7-21(8-5-18)17-27-14-15-29(25(27)31)22-10-12-28(13-11-22)34(32,33)24-16-19(2)6-9-23(24)26-20(3)30/h4-9,16,22H,10-15,17H2,1-3H3,(H,26,30). The van der Waals surface area contributed by atoms with Crippen LogP contribution < -0.4 is 5.32 Å². The summed E-state index contributed by atoms with van der Waals surface area (Å²) in [6.45, 7) is 7.81. The molecule has 0 atom stereocenters. The van der Waals surface area contributed by atoms with E-state index in [0.717, 1.165) is 11.1 Å². The van der Waals surface area contributed by atoms with Crippen LogP contribution in [0.4, 0.5) is 10.5 Å². The first kappa shape index (κ1) is 24.2. The summed E-state index contributed by atoms with van der Waals surface area (Å²) >= 11 is 0. The summed E-state index contributed by atoms with van der Waals surface area (Å²) in [5.74, 6) is -0.318. The van der Waals surface area contributed by atoms with Crippen LogP contribution in [0, 0.1) is 13.8 Å². The first-order valence-corrected chi connectivity index (χ1v) is 13.1. The Morgan fingerprint density at radius 1 is 0.971 bits per heavy atom. The van der Waals surface area contributed by atoms with Gasteiger partial charge in [-0.2, -0.15) is 4.31 Å². The SMILES string of the molecule is CC(=O)Nc1ccc(C)cc1S(=O)(=O)N1CCC(N2CCN(Cc3ccc(C)cc3)C2=O)CC1. The van der Waals surface area contributed by atoms with Crippen molar-refractivity contribution in [2.45, 2.75) is 51.1 Å². The van der Waals surface area contributed by atoms with E-state index in [1.54, 1.807) is 18.2 Å². The third-order valence-corrected chi connectivity index (χ3v) is 8.49. The van der Waals surface area contributed by atoms with E-state index in [-0.39, 0.29) is 22.9 Å². The summed E-state index contributed by atoms with van der Waals surface area (Å²) < 4.78 is 28.3. The number of sulfonamides is 1. The third-order valence-electron chi connectivity index (χ3n) is 6.55. The molecular weight excluding hydrogens is 452 g/mol. The molecule has 2 fully saturated rings. The van der Waals surface area contributed by atoms with Gasteiger partial charge in [0, 0.05) is 45.7 Å². The topological polar surface area (TPSA) is 90.0 Å². The smallest absolute Gasteiger partial charge is 0.320 e. The number of piperidine rings is 1. The lowest BCUT2D eigenvalue weighted by atomic mass is 10.1. The Bertz CT molecular complexity index is 1170. The second kappa shape index (κ2) is 9.76. The molecule has 2 aromatic rings. The van der Waals surface area contributed by atoms with Gasteiger partial charge in [-0.05, 0) is 49.9 Å². The van der Waals surface area contributed by atoms with Crippen molar-refractivity contribution in [3.63, 3.8) is 0 Å². The third kappa shape index (κ3) is 5.10. The summed E-state index contributed by atoms with van der Waals surface area (Å²) in [6.07, 6.45) is 1.18. The quantitative estimate of drug-likeness (QED) is 0.681. The van der Waals surface area contributed by atoms with Gasteiger partial charge in [0.15, 0.2) is 0 Å². The highest BCUT2D eigenvalue weighted by Crippen LogP contribution is 2.30. The first-order chi connectivity index (χ1) is 16.1. The van der Waals surface area contributed by atoms with E-state index in [1.807, 2.05) is 23.6 Å². The average molecular weight is 485 g/mol. The fourth-order valence-electron chi connectivity index (χ4n) is 4.67. The number of hydrogen-bond acceptors (Lipinski definition) is 4. The summed E-state index contributed by atoms with van der Waals surface area (Å²) in [7, 11) is -3.77. The van der Waals surface area contributed by atoms with Crippen LogP contribution in [0.5, 0.6) is 0 Å². The van der Waals surface area contributed by atoms with Crippen molar-refractivity contribution < 1.29 is 18.0 Å². The summed E-state index contributed by atoms with van der Waals surface area (Å²) in [5, 5.41) is 2.63. The predicted molar refractivity (Wildman–Crippen MR) is 131 cm³/mol.